The third kappa shape index (κ3) is 4.89. The molecule has 158 valence electrons. The van der Waals surface area contributed by atoms with Gasteiger partial charge < -0.3 is 14.6 Å². The highest BCUT2D eigenvalue weighted by Gasteiger charge is 2.43. The number of esters is 1. The molecule has 4 rings (SSSR count). The van der Waals surface area contributed by atoms with Crippen molar-refractivity contribution in [3.05, 3.63) is 82.5 Å². The Morgan fingerprint density at radius 3 is 2.33 bits per heavy atom. The molecule has 0 radical (unpaired) electrons. The summed E-state index contributed by atoms with van der Waals surface area (Å²) in [4.78, 5) is 15.6. The number of aliphatic hydroxyl groups is 1. The van der Waals surface area contributed by atoms with Crippen molar-refractivity contribution in [2.75, 3.05) is 32.8 Å². The third-order valence-corrected chi connectivity index (χ3v) is 6.82. The van der Waals surface area contributed by atoms with Gasteiger partial charge in [0.2, 0.25) is 0 Å². The average Bonchev–Trinajstić information content (AvgIpc) is 2.79. The molecule has 2 aromatic rings. The molecule has 30 heavy (non-hydrogen) atoms. The van der Waals surface area contributed by atoms with Gasteiger partial charge in [-0.3, -0.25) is 4.90 Å². The molecule has 2 aliphatic rings. The minimum atomic E-state index is -0.850. The molecule has 1 fully saturated rings. The van der Waals surface area contributed by atoms with Crippen LogP contribution in [0.2, 0.25) is 0 Å². The molecule has 0 saturated carbocycles. The molecule has 0 aromatic heterocycles. The van der Waals surface area contributed by atoms with Crippen LogP contribution >= 0.6 is 11.8 Å². The molecule has 2 heterocycles. The summed E-state index contributed by atoms with van der Waals surface area (Å²) in [7, 11) is 0. The number of carbonyl (C=O) groups excluding carboxylic acids is 1. The van der Waals surface area contributed by atoms with Crippen molar-refractivity contribution in [1.82, 2.24) is 4.90 Å². The van der Waals surface area contributed by atoms with Gasteiger partial charge in [0.05, 0.1) is 19.6 Å². The molecule has 5 nitrogen and oxygen atoms in total. The molecule has 0 aliphatic carbocycles. The lowest BCUT2D eigenvalue weighted by Gasteiger charge is -2.39. The quantitative estimate of drug-likeness (QED) is 0.669. The summed E-state index contributed by atoms with van der Waals surface area (Å²) in [5.74, 6) is 0.296. The molecule has 1 saturated heterocycles. The average molecular weight is 426 g/mol. The fourth-order valence-corrected chi connectivity index (χ4v) is 4.85. The zero-order valence-corrected chi connectivity index (χ0v) is 17.8. The van der Waals surface area contributed by atoms with Crippen LogP contribution in [-0.2, 0) is 25.6 Å². The predicted octanol–water partition coefficient (Wildman–Crippen LogP) is 4.25. The van der Waals surface area contributed by atoms with E-state index in [1.165, 1.54) is 11.8 Å². The Bertz CT molecular complexity index is 881. The fourth-order valence-electron chi connectivity index (χ4n) is 3.95. The summed E-state index contributed by atoms with van der Waals surface area (Å²) in [6.45, 7) is 3.98. The van der Waals surface area contributed by atoms with E-state index in [9.17, 15) is 9.90 Å². The highest BCUT2D eigenvalue weighted by atomic mass is 32.2. The number of morpholine rings is 1. The van der Waals surface area contributed by atoms with Crippen molar-refractivity contribution in [2.45, 2.75) is 24.2 Å². The highest BCUT2D eigenvalue weighted by Crippen LogP contribution is 2.43. The second kappa shape index (κ2) is 9.69. The Balaban J connectivity index is 1.53. The standard InChI is InChI=1S/C24H27NO4S/c26-21-17-24(20-9-5-2-6-10-20,11-12-25-13-15-28-16-14-25)29-23(27)22(21)30-18-19-7-3-1-4-8-19/h1-10,26H,11-18H2. The minimum Gasteiger partial charge on any atom is -0.511 e. The van der Waals surface area contributed by atoms with Crippen molar-refractivity contribution >= 4 is 17.7 Å². The fraction of sp³-hybridized carbons (Fsp3) is 0.375. The SMILES string of the molecule is O=C1OC(CCN2CCOCC2)(c2ccccc2)CC(O)=C1SCc1ccccc1. The van der Waals surface area contributed by atoms with Gasteiger partial charge in [0.1, 0.15) is 16.3 Å². The van der Waals surface area contributed by atoms with Crippen LogP contribution in [0, 0.1) is 0 Å². The number of rotatable bonds is 7. The van der Waals surface area contributed by atoms with Crippen molar-refractivity contribution in [3.8, 4) is 0 Å². The van der Waals surface area contributed by atoms with Gasteiger partial charge in [0, 0.05) is 31.8 Å². The maximum Gasteiger partial charge on any atom is 0.348 e. The van der Waals surface area contributed by atoms with Gasteiger partial charge in [0.25, 0.3) is 0 Å². The molecule has 0 spiro atoms. The van der Waals surface area contributed by atoms with Gasteiger partial charge in [-0.15, -0.1) is 11.8 Å². The first-order valence-electron chi connectivity index (χ1n) is 10.3. The topological polar surface area (TPSA) is 59.0 Å². The van der Waals surface area contributed by atoms with Gasteiger partial charge in [-0.2, -0.15) is 0 Å². The van der Waals surface area contributed by atoms with Crippen LogP contribution in [0.4, 0.5) is 0 Å². The maximum absolute atomic E-state index is 13.0. The van der Waals surface area contributed by atoms with Crippen molar-refractivity contribution < 1.29 is 19.4 Å². The Morgan fingerprint density at radius 2 is 1.67 bits per heavy atom. The lowest BCUT2D eigenvalue weighted by atomic mass is 9.84. The summed E-state index contributed by atoms with van der Waals surface area (Å²) >= 11 is 1.34. The highest BCUT2D eigenvalue weighted by molar-refractivity contribution is 8.03. The van der Waals surface area contributed by atoms with Crippen molar-refractivity contribution in [2.24, 2.45) is 0 Å². The Kier molecular flexibility index (Phi) is 6.77. The zero-order chi connectivity index (χ0) is 20.8. The summed E-state index contributed by atoms with van der Waals surface area (Å²) < 4.78 is 11.5. The van der Waals surface area contributed by atoms with Crippen LogP contribution in [0.15, 0.2) is 71.3 Å². The molecule has 6 heteroatoms. The minimum absolute atomic E-state index is 0.123. The third-order valence-electron chi connectivity index (χ3n) is 5.65. The van der Waals surface area contributed by atoms with E-state index >= 15 is 0 Å². The van der Waals surface area contributed by atoms with Crippen LogP contribution < -0.4 is 0 Å². The largest absolute Gasteiger partial charge is 0.511 e. The van der Waals surface area contributed by atoms with E-state index in [4.69, 9.17) is 9.47 Å². The number of benzene rings is 2. The van der Waals surface area contributed by atoms with Crippen LogP contribution in [-0.4, -0.2) is 48.8 Å². The van der Waals surface area contributed by atoms with E-state index in [1.807, 2.05) is 60.7 Å². The Hall–Kier alpha value is -2.28. The van der Waals surface area contributed by atoms with E-state index in [0.717, 1.165) is 44.0 Å². The van der Waals surface area contributed by atoms with E-state index in [2.05, 4.69) is 4.90 Å². The second-order valence-electron chi connectivity index (χ2n) is 7.68. The molecule has 1 N–H and O–H groups in total. The van der Waals surface area contributed by atoms with E-state index in [1.54, 1.807) is 0 Å². The lowest BCUT2D eigenvalue weighted by Crippen LogP contribution is -2.43. The van der Waals surface area contributed by atoms with Crippen LogP contribution in [0.5, 0.6) is 0 Å². The van der Waals surface area contributed by atoms with Crippen molar-refractivity contribution in [1.29, 1.82) is 0 Å². The summed E-state index contributed by atoms with van der Waals surface area (Å²) in [5, 5.41) is 10.9. The number of cyclic esters (lactones) is 1. The van der Waals surface area contributed by atoms with Gasteiger partial charge >= 0.3 is 5.97 Å². The van der Waals surface area contributed by atoms with Crippen LogP contribution in [0.3, 0.4) is 0 Å². The molecular formula is C24H27NO4S. The van der Waals surface area contributed by atoms with Crippen LogP contribution in [0.1, 0.15) is 24.0 Å². The molecule has 1 unspecified atom stereocenters. The monoisotopic (exact) mass is 425 g/mol. The van der Waals surface area contributed by atoms with E-state index in [0.29, 0.717) is 23.5 Å². The number of nitrogens with zero attached hydrogens (tertiary/aromatic N) is 1. The number of hydrogen-bond donors (Lipinski definition) is 1. The summed E-state index contributed by atoms with van der Waals surface area (Å²) in [6, 6.07) is 19.7. The first kappa shape index (κ1) is 21.0. The lowest BCUT2D eigenvalue weighted by molar-refractivity contribution is -0.160. The van der Waals surface area contributed by atoms with Gasteiger partial charge in [-0.1, -0.05) is 60.7 Å². The number of aliphatic hydroxyl groups excluding tert-OH is 1. The van der Waals surface area contributed by atoms with E-state index in [-0.39, 0.29) is 5.76 Å². The van der Waals surface area contributed by atoms with Crippen LogP contribution in [0.25, 0.3) is 0 Å². The smallest absolute Gasteiger partial charge is 0.348 e. The molecule has 0 amide bonds. The number of ether oxygens (including phenoxy) is 2. The van der Waals surface area contributed by atoms with E-state index < -0.39 is 11.6 Å². The van der Waals surface area contributed by atoms with Crippen molar-refractivity contribution in [3.63, 3.8) is 0 Å². The first-order chi connectivity index (χ1) is 14.7. The van der Waals surface area contributed by atoms with Gasteiger partial charge in [-0.05, 0) is 11.1 Å². The molecule has 1 atom stereocenters. The van der Waals surface area contributed by atoms with Gasteiger partial charge in [-0.25, -0.2) is 4.79 Å². The second-order valence-corrected chi connectivity index (χ2v) is 8.67. The summed E-state index contributed by atoms with van der Waals surface area (Å²) in [6.07, 6.45) is 0.924. The maximum atomic E-state index is 13.0. The number of carbonyl (C=O) groups is 1. The zero-order valence-electron chi connectivity index (χ0n) is 17.0. The normalized spacial score (nSPS) is 22.7. The Labute approximate surface area is 181 Å². The number of thioether (sulfide) groups is 1. The summed E-state index contributed by atoms with van der Waals surface area (Å²) in [5.41, 5.74) is 1.17. The Morgan fingerprint density at radius 1 is 1.00 bits per heavy atom. The molecule has 2 aliphatic heterocycles. The van der Waals surface area contributed by atoms with Gasteiger partial charge in [0.15, 0.2) is 0 Å². The molecule has 0 bridgehead atoms. The number of hydrogen-bond acceptors (Lipinski definition) is 6. The predicted molar refractivity (Wildman–Crippen MR) is 118 cm³/mol. The molecular weight excluding hydrogens is 398 g/mol. The first-order valence-corrected chi connectivity index (χ1v) is 11.3. The molecule has 2 aromatic carbocycles.